The summed E-state index contributed by atoms with van der Waals surface area (Å²) in [5, 5.41) is 6.04. The molecule has 2 fully saturated rings. The third-order valence-corrected chi connectivity index (χ3v) is 5.90. The molecule has 2 saturated heterocycles. The number of rotatable bonds is 6. The number of likely N-dealkylation sites (tertiary alicyclic amines) is 1. The highest BCUT2D eigenvalue weighted by atomic mass is 19.1. The smallest absolute Gasteiger partial charge is 0.314 e. The van der Waals surface area contributed by atoms with Crippen LogP contribution in [0.15, 0.2) is 24.3 Å². The van der Waals surface area contributed by atoms with E-state index in [2.05, 4.69) is 34.3 Å². The SMILES string of the molecule is C[C@@H]1CCCN([C@@H](C)CNC(=O)NC[C@H]2CCN(c3ccc(F)cc3)C2)C1. The van der Waals surface area contributed by atoms with Crippen LogP contribution in [0.1, 0.15) is 33.1 Å². The Labute approximate surface area is 162 Å². The number of halogens is 1. The van der Waals surface area contributed by atoms with Gasteiger partial charge in [0.15, 0.2) is 0 Å². The number of urea groups is 1. The third kappa shape index (κ3) is 5.83. The van der Waals surface area contributed by atoms with Gasteiger partial charge in [0.05, 0.1) is 0 Å². The van der Waals surface area contributed by atoms with Gasteiger partial charge in [0.25, 0.3) is 0 Å². The minimum atomic E-state index is -0.207. The van der Waals surface area contributed by atoms with Crippen molar-refractivity contribution in [2.75, 3.05) is 44.2 Å². The fourth-order valence-electron chi connectivity index (χ4n) is 4.18. The predicted molar refractivity (Wildman–Crippen MR) is 108 cm³/mol. The summed E-state index contributed by atoms with van der Waals surface area (Å²) in [5.41, 5.74) is 1.05. The predicted octanol–water partition coefficient (Wildman–Crippen LogP) is 3.07. The molecule has 5 nitrogen and oxygen atoms in total. The van der Waals surface area contributed by atoms with E-state index >= 15 is 0 Å². The Balaban J connectivity index is 1.34. The van der Waals surface area contributed by atoms with E-state index in [1.165, 1.54) is 25.0 Å². The molecule has 0 unspecified atom stereocenters. The number of anilines is 1. The molecule has 2 N–H and O–H groups in total. The Morgan fingerprint density at radius 1 is 1.19 bits per heavy atom. The van der Waals surface area contributed by atoms with Crippen LogP contribution in [0.3, 0.4) is 0 Å². The van der Waals surface area contributed by atoms with Gasteiger partial charge in [0, 0.05) is 44.5 Å². The normalized spacial score (nSPS) is 24.6. The van der Waals surface area contributed by atoms with Crippen LogP contribution in [0, 0.1) is 17.7 Å². The van der Waals surface area contributed by atoms with Crippen molar-refractivity contribution in [3.63, 3.8) is 0 Å². The van der Waals surface area contributed by atoms with Crippen LogP contribution in [-0.4, -0.2) is 56.2 Å². The van der Waals surface area contributed by atoms with Crippen molar-refractivity contribution in [3.8, 4) is 0 Å². The molecule has 0 bridgehead atoms. The Morgan fingerprint density at radius 2 is 1.96 bits per heavy atom. The molecule has 0 aliphatic carbocycles. The molecule has 27 heavy (non-hydrogen) atoms. The number of benzene rings is 1. The van der Waals surface area contributed by atoms with E-state index in [-0.39, 0.29) is 11.8 Å². The topological polar surface area (TPSA) is 47.6 Å². The molecule has 1 aromatic carbocycles. The van der Waals surface area contributed by atoms with Crippen LogP contribution in [-0.2, 0) is 0 Å². The summed E-state index contributed by atoms with van der Waals surface area (Å²) >= 11 is 0. The van der Waals surface area contributed by atoms with Crippen LogP contribution in [0.5, 0.6) is 0 Å². The second-order valence-corrected chi connectivity index (χ2v) is 8.26. The summed E-state index contributed by atoms with van der Waals surface area (Å²) in [6, 6.07) is 6.93. The lowest BCUT2D eigenvalue weighted by atomic mass is 9.99. The Bertz CT molecular complexity index is 609. The van der Waals surface area contributed by atoms with Crippen LogP contribution in [0.4, 0.5) is 14.9 Å². The molecular weight excluding hydrogens is 343 g/mol. The third-order valence-electron chi connectivity index (χ3n) is 5.90. The van der Waals surface area contributed by atoms with E-state index < -0.39 is 0 Å². The molecule has 2 aliphatic heterocycles. The zero-order chi connectivity index (χ0) is 19.2. The molecule has 2 heterocycles. The van der Waals surface area contributed by atoms with Crippen molar-refractivity contribution in [2.24, 2.45) is 11.8 Å². The quantitative estimate of drug-likeness (QED) is 0.802. The van der Waals surface area contributed by atoms with E-state index in [0.717, 1.165) is 44.2 Å². The van der Waals surface area contributed by atoms with E-state index in [9.17, 15) is 9.18 Å². The number of carbonyl (C=O) groups is 1. The first kappa shape index (κ1) is 19.9. The molecule has 150 valence electrons. The molecule has 3 atom stereocenters. The molecule has 3 rings (SSSR count). The monoisotopic (exact) mass is 376 g/mol. The number of nitrogens with zero attached hydrogens (tertiary/aromatic N) is 2. The van der Waals surface area contributed by atoms with Gasteiger partial charge >= 0.3 is 6.03 Å². The maximum atomic E-state index is 13.1. The van der Waals surface area contributed by atoms with E-state index in [4.69, 9.17) is 0 Å². The molecular formula is C21H33FN4O. The van der Waals surface area contributed by atoms with Gasteiger partial charge in [0.2, 0.25) is 0 Å². The second-order valence-electron chi connectivity index (χ2n) is 8.26. The van der Waals surface area contributed by atoms with Gasteiger partial charge in [-0.2, -0.15) is 0 Å². The minimum absolute atomic E-state index is 0.0767. The summed E-state index contributed by atoms with van der Waals surface area (Å²) < 4.78 is 13.1. The summed E-state index contributed by atoms with van der Waals surface area (Å²) in [6.07, 6.45) is 3.61. The maximum Gasteiger partial charge on any atom is 0.314 e. The van der Waals surface area contributed by atoms with Crippen LogP contribution >= 0.6 is 0 Å². The fourth-order valence-corrected chi connectivity index (χ4v) is 4.18. The van der Waals surface area contributed by atoms with Crippen molar-refractivity contribution in [1.82, 2.24) is 15.5 Å². The van der Waals surface area contributed by atoms with Crippen molar-refractivity contribution >= 4 is 11.7 Å². The van der Waals surface area contributed by atoms with Gasteiger partial charge in [-0.25, -0.2) is 9.18 Å². The van der Waals surface area contributed by atoms with E-state index in [0.29, 0.717) is 25.0 Å². The Kier molecular flexibility index (Phi) is 6.94. The fraction of sp³-hybridized carbons (Fsp3) is 0.667. The molecule has 2 amide bonds. The average Bonchev–Trinajstić information content (AvgIpc) is 3.14. The van der Waals surface area contributed by atoms with Gasteiger partial charge in [-0.05, 0) is 68.8 Å². The number of amides is 2. The largest absolute Gasteiger partial charge is 0.371 e. The summed E-state index contributed by atoms with van der Waals surface area (Å²) in [6.45, 7) is 9.97. The van der Waals surface area contributed by atoms with Crippen LogP contribution in [0.25, 0.3) is 0 Å². The van der Waals surface area contributed by atoms with Crippen molar-refractivity contribution in [1.29, 1.82) is 0 Å². The minimum Gasteiger partial charge on any atom is -0.371 e. The number of carbonyl (C=O) groups excluding carboxylic acids is 1. The van der Waals surface area contributed by atoms with Crippen molar-refractivity contribution < 1.29 is 9.18 Å². The second kappa shape index (κ2) is 9.40. The number of hydrogen-bond donors (Lipinski definition) is 2. The molecule has 1 aromatic rings. The highest BCUT2D eigenvalue weighted by Gasteiger charge is 2.24. The van der Waals surface area contributed by atoms with Crippen LogP contribution in [0.2, 0.25) is 0 Å². The summed E-state index contributed by atoms with van der Waals surface area (Å²) in [5.74, 6) is 0.976. The first-order chi connectivity index (χ1) is 13.0. The Hall–Kier alpha value is -1.82. The first-order valence-electron chi connectivity index (χ1n) is 10.3. The zero-order valence-electron chi connectivity index (χ0n) is 16.6. The van der Waals surface area contributed by atoms with Crippen molar-refractivity contribution in [2.45, 2.75) is 39.2 Å². The zero-order valence-corrected chi connectivity index (χ0v) is 16.6. The van der Waals surface area contributed by atoms with E-state index in [1.807, 2.05) is 12.1 Å². The Morgan fingerprint density at radius 3 is 2.70 bits per heavy atom. The molecule has 6 heteroatoms. The molecule has 0 radical (unpaired) electrons. The lowest BCUT2D eigenvalue weighted by molar-refractivity contribution is 0.137. The van der Waals surface area contributed by atoms with Gasteiger partial charge in [-0.3, -0.25) is 4.90 Å². The van der Waals surface area contributed by atoms with Crippen LogP contribution < -0.4 is 15.5 Å². The highest BCUT2D eigenvalue weighted by Crippen LogP contribution is 2.23. The van der Waals surface area contributed by atoms with Gasteiger partial charge < -0.3 is 15.5 Å². The maximum absolute atomic E-state index is 13.1. The van der Waals surface area contributed by atoms with E-state index in [1.54, 1.807) is 0 Å². The number of nitrogens with one attached hydrogen (secondary N) is 2. The standard InChI is InChI=1S/C21H33FN4O/c1-16-4-3-10-25(14-16)17(2)12-23-21(27)24-13-18-9-11-26(15-18)20-7-5-19(22)6-8-20/h5-8,16-18H,3-4,9-15H2,1-2H3,(H2,23,24,27)/t16-,17+,18-/m1/s1. The lowest BCUT2D eigenvalue weighted by Gasteiger charge is -2.35. The van der Waals surface area contributed by atoms with Gasteiger partial charge in [-0.15, -0.1) is 0 Å². The summed E-state index contributed by atoms with van der Waals surface area (Å²) in [7, 11) is 0. The van der Waals surface area contributed by atoms with Crippen molar-refractivity contribution in [3.05, 3.63) is 30.1 Å². The highest BCUT2D eigenvalue weighted by molar-refractivity contribution is 5.73. The average molecular weight is 377 g/mol. The molecule has 0 spiro atoms. The number of hydrogen-bond acceptors (Lipinski definition) is 3. The number of piperidine rings is 1. The summed E-state index contributed by atoms with van der Waals surface area (Å²) in [4.78, 5) is 16.9. The lowest BCUT2D eigenvalue weighted by Crippen LogP contribution is -2.48. The first-order valence-corrected chi connectivity index (χ1v) is 10.3. The van der Waals surface area contributed by atoms with Gasteiger partial charge in [-0.1, -0.05) is 6.92 Å². The molecule has 2 aliphatic rings. The molecule has 0 saturated carbocycles. The van der Waals surface area contributed by atoms with Gasteiger partial charge in [0.1, 0.15) is 5.82 Å². The molecule has 0 aromatic heterocycles.